The minimum Gasteiger partial charge on any atom is -0.493 e. The van der Waals surface area contributed by atoms with E-state index in [1.165, 1.54) is 4.88 Å². The quantitative estimate of drug-likeness (QED) is 0.0974. The first kappa shape index (κ1) is 42.1. The summed E-state index contributed by atoms with van der Waals surface area (Å²) in [6.07, 6.45) is 2.74. The number of benzene rings is 2. The number of nitrogens with one attached hydrogen (secondary N) is 2. The van der Waals surface area contributed by atoms with Gasteiger partial charge in [-0.05, 0) is 123 Å². The molecule has 2 amide bonds. The molecular weight excluding hydrogens is 734 g/mol. The van der Waals surface area contributed by atoms with Crippen LogP contribution in [0.2, 0.25) is 5.02 Å². The molecule has 0 saturated carbocycles. The number of aryl methyl sites for hydroxylation is 2. The van der Waals surface area contributed by atoms with Gasteiger partial charge < -0.3 is 25.0 Å². The third kappa shape index (κ3) is 10.8. The number of nitrogens with zero attached hydrogens (tertiary/aromatic N) is 5. The number of fused-ring (bicyclic) bond motifs is 3. The first-order valence-electron chi connectivity index (χ1n) is 19.1. The van der Waals surface area contributed by atoms with Crippen LogP contribution in [-0.4, -0.2) is 82.7 Å². The lowest BCUT2D eigenvalue weighted by Gasteiger charge is -2.31. The Hall–Kier alpha value is -4.10. The molecule has 0 radical (unpaired) electrons. The van der Waals surface area contributed by atoms with Gasteiger partial charge in [0.05, 0.1) is 36.4 Å². The average Bonchev–Trinajstić information content (AvgIpc) is 3.62. The third-order valence-electron chi connectivity index (χ3n) is 9.89. The zero-order chi connectivity index (χ0) is 39.9. The third-order valence-corrected chi connectivity index (χ3v) is 11.3. The number of aliphatic imine (C=N–C) groups is 1. The van der Waals surface area contributed by atoms with Crippen molar-refractivity contribution in [2.45, 2.75) is 92.7 Å². The first-order chi connectivity index (χ1) is 26.1. The van der Waals surface area contributed by atoms with Gasteiger partial charge in [-0.3, -0.25) is 19.1 Å². The van der Waals surface area contributed by atoms with Crippen LogP contribution in [0.3, 0.4) is 0 Å². The summed E-state index contributed by atoms with van der Waals surface area (Å²) in [7, 11) is 2.11. The summed E-state index contributed by atoms with van der Waals surface area (Å²) in [5, 5.41) is 16.6. The maximum absolute atomic E-state index is 13.6. The Kier molecular flexibility index (Phi) is 13.9. The number of amides is 2. The van der Waals surface area contributed by atoms with Crippen LogP contribution in [0.5, 0.6) is 5.75 Å². The van der Waals surface area contributed by atoms with Gasteiger partial charge in [-0.1, -0.05) is 30.7 Å². The predicted molar refractivity (Wildman–Crippen MR) is 222 cm³/mol. The summed E-state index contributed by atoms with van der Waals surface area (Å²) in [6.45, 7) is 19.5. The van der Waals surface area contributed by atoms with E-state index in [9.17, 15) is 9.59 Å². The SMILES string of the molecule is CCCN(C)CCCNC(=O)C(C)(C)COC(C)(C)CCOc1ccc(NC(=O)C[C@@H]2N=C(c3ccc(Cl)cc3)c3c(sc(C)c3C)-n3c(C)nnc32)cc1. The van der Waals surface area contributed by atoms with Crippen LogP contribution < -0.4 is 15.4 Å². The number of hydrogen-bond donors (Lipinski definition) is 2. The number of ether oxygens (including phenoxy) is 2. The van der Waals surface area contributed by atoms with E-state index in [0.29, 0.717) is 48.5 Å². The predicted octanol–water partition coefficient (Wildman–Crippen LogP) is 8.27. The lowest BCUT2D eigenvalue weighted by molar-refractivity contribution is -0.137. The molecule has 2 aromatic carbocycles. The standard InChI is InChI=1S/C42H56ClN7O4S/c1-10-22-49(9)23-11-21-44-40(52)41(5,6)26-54-42(7,8)20-24-53-33-18-16-32(17-19-33)45-35(51)25-34-38-48-47-29(4)50(38)39-36(27(2)28(3)55-39)37(46-34)30-12-14-31(43)15-13-30/h12-19,34H,10-11,20-26H2,1-9H3,(H,44,52)(H,45,51)/t34-/m0/s1. The van der Waals surface area contributed by atoms with Crippen LogP contribution in [-0.2, 0) is 14.3 Å². The van der Waals surface area contributed by atoms with E-state index in [-0.39, 0.29) is 18.2 Å². The summed E-state index contributed by atoms with van der Waals surface area (Å²) < 4.78 is 14.3. The zero-order valence-electron chi connectivity index (χ0n) is 33.7. The second kappa shape index (κ2) is 18.2. The first-order valence-corrected chi connectivity index (χ1v) is 20.3. The second-order valence-corrected chi connectivity index (χ2v) is 17.3. The second-order valence-electron chi connectivity index (χ2n) is 15.6. The maximum atomic E-state index is 13.6. The highest BCUT2D eigenvalue weighted by Crippen LogP contribution is 2.39. The lowest BCUT2D eigenvalue weighted by Crippen LogP contribution is -2.43. The minimum atomic E-state index is -0.655. The number of carbonyl (C=O) groups is 2. The summed E-state index contributed by atoms with van der Waals surface area (Å²) in [5.41, 5.74) is 3.38. The molecule has 2 N–H and O–H groups in total. The molecule has 1 aliphatic rings. The fourth-order valence-electron chi connectivity index (χ4n) is 6.37. The van der Waals surface area contributed by atoms with Crippen molar-refractivity contribution in [2.75, 3.05) is 45.2 Å². The van der Waals surface area contributed by atoms with Crippen molar-refractivity contribution in [2.24, 2.45) is 10.4 Å². The molecule has 13 heteroatoms. The van der Waals surface area contributed by atoms with Crippen LogP contribution >= 0.6 is 22.9 Å². The summed E-state index contributed by atoms with van der Waals surface area (Å²) in [4.78, 5) is 35.1. The van der Waals surface area contributed by atoms with E-state index >= 15 is 0 Å². The molecule has 0 unspecified atom stereocenters. The molecule has 55 heavy (non-hydrogen) atoms. The van der Waals surface area contributed by atoms with E-state index in [1.807, 2.05) is 87.7 Å². The largest absolute Gasteiger partial charge is 0.493 e. The monoisotopic (exact) mass is 789 g/mol. The van der Waals surface area contributed by atoms with Gasteiger partial charge >= 0.3 is 0 Å². The number of anilines is 1. The Balaban J connectivity index is 1.15. The fraction of sp³-hybridized carbons (Fsp3) is 0.500. The van der Waals surface area contributed by atoms with E-state index < -0.39 is 17.1 Å². The van der Waals surface area contributed by atoms with E-state index in [0.717, 1.165) is 59.2 Å². The maximum Gasteiger partial charge on any atom is 0.227 e. The molecule has 2 aromatic heterocycles. The highest BCUT2D eigenvalue weighted by atomic mass is 35.5. The number of aromatic nitrogens is 3. The molecule has 4 aromatic rings. The Labute approximate surface area is 334 Å². The van der Waals surface area contributed by atoms with Gasteiger partial charge in [-0.15, -0.1) is 21.5 Å². The number of thiophene rings is 1. The van der Waals surface area contributed by atoms with Crippen LogP contribution in [0.25, 0.3) is 5.00 Å². The van der Waals surface area contributed by atoms with Gasteiger partial charge in [-0.2, -0.15) is 0 Å². The number of hydrogen-bond acceptors (Lipinski definition) is 9. The topological polar surface area (TPSA) is 123 Å². The molecule has 1 atom stereocenters. The van der Waals surface area contributed by atoms with Crippen LogP contribution in [0.15, 0.2) is 53.5 Å². The molecule has 0 fully saturated rings. The van der Waals surface area contributed by atoms with Crippen molar-refractivity contribution in [1.29, 1.82) is 0 Å². The van der Waals surface area contributed by atoms with Crippen molar-refractivity contribution in [3.8, 4) is 10.8 Å². The van der Waals surface area contributed by atoms with Crippen LogP contribution in [0, 0.1) is 26.2 Å². The van der Waals surface area contributed by atoms with Gasteiger partial charge in [0.15, 0.2) is 5.82 Å². The zero-order valence-corrected chi connectivity index (χ0v) is 35.3. The molecule has 0 spiro atoms. The number of rotatable bonds is 18. The van der Waals surface area contributed by atoms with E-state index in [2.05, 4.69) is 53.5 Å². The Bertz CT molecular complexity index is 1970. The molecule has 0 aliphatic carbocycles. The minimum absolute atomic E-state index is 0.00472. The van der Waals surface area contributed by atoms with Gasteiger partial charge in [0.1, 0.15) is 22.6 Å². The molecule has 0 bridgehead atoms. The van der Waals surface area contributed by atoms with Crippen molar-refractivity contribution in [3.63, 3.8) is 0 Å². The number of halogens is 1. The van der Waals surface area contributed by atoms with Gasteiger partial charge in [-0.25, -0.2) is 0 Å². The van der Waals surface area contributed by atoms with Crippen LogP contribution in [0.4, 0.5) is 5.69 Å². The average molecular weight is 790 g/mol. The Morgan fingerprint density at radius 1 is 1.00 bits per heavy atom. The molecule has 1 aliphatic heterocycles. The summed E-state index contributed by atoms with van der Waals surface area (Å²) in [5.74, 6) is 1.85. The van der Waals surface area contributed by atoms with Crippen molar-refractivity contribution < 1.29 is 19.1 Å². The number of carbonyl (C=O) groups excluding carboxylic acids is 2. The highest BCUT2D eigenvalue weighted by Gasteiger charge is 2.33. The van der Waals surface area contributed by atoms with Crippen molar-refractivity contribution in [1.82, 2.24) is 25.0 Å². The smallest absolute Gasteiger partial charge is 0.227 e. The van der Waals surface area contributed by atoms with Crippen molar-refractivity contribution >= 4 is 46.2 Å². The highest BCUT2D eigenvalue weighted by molar-refractivity contribution is 7.15. The molecule has 5 rings (SSSR count). The summed E-state index contributed by atoms with van der Waals surface area (Å²) in [6, 6.07) is 14.4. The Morgan fingerprint density at radius 3 is 2.40 bits per heavy atom. The normalized spacial score (nSPS) is 14.2. The van der Waals surface area contributed by atoms with Crippen LogP contribution in [0.1, 0.15) is 99.6 Å². The van der Waals surface area contributed by atoms with E-state index in [1.54, 1.807) is 11.3 Å². The summed E-state index contributed by atoms with van der Waals surface area (Å²) >= 11 is 7.92. The Morgan fingerprint density at radius 2 is 1.71 bits per heavy atom. The van der Waals surface area contributed by atoms with E-state index in [4.69, 9.17) is 26.1 Å². The lowest BCUT2D eigenvalue weighted by atomic mass is 9.93. The van der Waals surface area contributed by atoms with Gasteiger partial charge in [0.25, 0.3) is 0 Å². The molecule has 11 nitrogen and oxygen atoms in total. The van der Waals surface area contributed by atoms with Crippen molar-refractivity contribution in [3.05, 3.63) is 86.8 Å². The fourth-order valence-corrected chi connectivity index (χ4v) is 7.71. The van der Waals surface area contributed by atoms with Gasteiger partial charge in [0.2, 0.25) is 11.8 Å². The molecule has 296 valence electrons. The molecule has 3 heterocycles. The molecular formula is C42H56ClN7O4S. The van der Waals surface area contributed by atoms with Gasteiger partial charge in [0, 0.05) is 39.7 Å². The molecule has 0 saturated heterocycles.